The molecule has 5 heteroatoms. The number of nitrogens with one attached hydrogen (secondary N) is 1. The van der Waals surface area contributed by atoms with Crippen molar-refractivity contribution >= 4 is 0 Å². The highest BCUT2D eigenvalue weighted by Crippen LogP contribution is 2.21. The molecule has 1 N–H and O–H groups in total. The Hall–Kier alpha value is -2.01. The fourth-order valence-corrected chi connectivity index (χ4v) is 2.13. The van der Waals surface area contributed by atoms with Crippen LogP contribution in [0, 0.1) is 0 Å². The van der Waals surface area contributed by atoms with Crippen LogP contribution >= 0.6 is 0 Å². The summed E-state index contributed by atoms with van der Waals surface area (Å²) in [6.45, 7) is 1.26. The van der Waals surface area contributed by atoms with E-state index in [0.29, 0.717) is 0 Å². The molecule has 1 heterocycles. The normalized spacial score (nSPS) is 14.0. The molecule has 112 valence electrons. The molecule has 1 aromatic carbocycles. The molecule has 0 fully saturated rings. The van der Waals surface area contributed by atoms with Gasteiger partial charge in [-0.05, 0) is 43.7 Å². The first-order valence-corrected chi connectivity index (χ1v) is 6.78. The summed E-state index contributed by atoms with van der Waals surface area (Å²) >= 11 is 0. The van der Waals surface area contributed by atoms with E-state index < -0.39 is 6.61 Å². The minimum atomic E-state index is -2.80. The molecule has 1 aromatic heterocycles. The Morgan fingerprint density at radius 1 is 1.00 bits per heavy atom. The number of hydrogen-bond donors (Lipinski definition) is 1. The maximum absolute atomic E-state index is 12.1. The van der Waals surface area contributed by atoms with E-state index in [-0.39, 0.29) is 17.8 Å². The average Bonchev–Trinajstić information content (AvgIpc) is 2.48. The molecular weight excluding hydrogens is 274 g/mol. The Morgan fingerprint density at radius 2 is 1.71 bits per heavy atom. The first-order chi connectivity index (χ1) is 10.1. The Kier molecular flexibility index (Phi) is 5.22. The van der Waals surface area contributed by atoms with Gasteiger partial charge < -0.3 is 10.1 Å². The van der Waals surface area contributed by atoms with Crippen molar-refractivity contribution in [2.75, 3.05) is 0 Å². The van der Waals surface area contributed by atoms with E-state index in [1.54, 1.807) is 30.5 Å². The van der Waals surface area contributed by atoms with Crippen molar-refractivity contribution in [1.82, 2.24) is 10.3 Å². The van der Waals surface area contributed by atoms with Gasteiger partial charge in [0.25, 0.3) is 0 Å². The molecule has 0 aliphatic heterocycles. The van der Waals surface area contributed by atoms with Crippen LogP contribution in [0.1, 0.15) is 37.2 Å². The second-order valence-electron chi connectivity index (χ2n) is 4.81. The van der Waals surface area contributed by atoms with E-state index in [9.17, 15) is 8.78 Å². The number of rotatable bonds is 6. The largest absolute Gasteiger partial charge is 0.435 e. The summed E-state index contributed by atoms with van der Waals surface area (Å²) in [6, 6.07) is 12.6. The lowest BCUT2D eigenvalue weighted by Gasteiger charge is -2.20. The van der Waals surface area contributed by atoms with Crippen LogP contribution in [0.3, 0.4) is 0 Å². The maximum atomic E-state index is 12.1. The minimum Gasteiger partial charge on any atom is -0.435 e. The molecule has 0 aliphatic carbocycles. The van der Waals surface area contributed by atoms with Gasteiger partial charge in [-0.15, -0.1) is 0 Å². The van der Waals surface area contributed by atoms with Crippen molar-refractivity contribution in [2.45, 2.75) is 32.5 Å². The third kappa shape index (κ3) is 4.49. The van der Waals surface area contributed by atoms with Gasteiger partial charge in [-0.25, -0.2) is 0 Å². The molecule has 21 heavy (non-hydrogen) atoms. The molecule has 0 saturated carbocycles. The molecule has 2 aromatic rings. The van der Waals surface area contributed by atoms with E-state index in [1.165, 1.54) is 0 Å². The van der Waals surface area contributed by atoms with Crippen LogP contribution in [0.25, 0.3) is 0 Å². The lowest BCUT2D eigenvalue weighted by molar-refractivity contribution is -0.0498. The Morgan fingerprint density at radius 3 is 2.29 bits per heavy atom. The zero-order chi connectivity index (χ0) is 15.2. The Balaban J connectivity index is 1.98. The van der Waals surface area contributed by atoms with Gasteiger partial charge in [0.15, 0.2) is 0 Å². The van der Waals surface area contributed by atoms with Crippen LogP contribution in [0.5, 0.6) is 5.75 Å². The number of ether oxygens (including phenoxy) is 1. The summed E-state index contributed by atoms with van der Waals surface area (Å²) in [5, 5.41) is 3.42. The van der Waals surface area contributed by atoms with Gasteiger partial charge in [-0.2, -0.15) is 8.78 Å². The molecule has 3 nitrogen and oxygen atoms in total. The predicted molar refractivity (Wildman–Crippen MR) is 77.3 cm³/mol. The number of benzene rings is 1. The number of alkyl halides is 2. The Labute approximate surface area is 123 Å². The fourth-order valence-electron chi connectivity index (χ4n) is 2.13. The molecule has 0 amide bonds. The smallest absolute Gasteiger partial charge is 0.387 e. The average molecular weight is 292 g/mol. The van der Waals surface area contributed by atoms with Gasteiger partial charge in [0.1, 0.15) is 5.75 Å². The Bertz CT molecular complexity index is 546. The van der Waals surface area contributed by atoms with Crippen LogP contribution < -0.4 is 10.1 Å². The van der Waals surface area contributed by atoms with Crippen molar-refractivity contribution in [2.24, 2.45) is 0 Å². The lowest BCUT2D eigenvalue weighted by Crippen LogP contribution is -2.23. The third-order valence-electron chi connectivity index (χ3n) is 3.24. The van der Waals surface area contributed by atoms with Gasteiger partial charge in [-0.1, -0.05) is 18.2 Å². The van der Waals surface area contributed by atoms with E-state index in [0.717, 1.165) is 11.3 Å². The zero-order valence-corrected chi connectivity index (χ0v) is 12.0. The van der Waals surface area contributed by atoms with Crippen molar-refractivity contribution in [3.63, 3.8) is 0 Å². The van der Waals surface area contributed by atoms with Gasteiger partial charge >= 0.3 is 6.61 Å². The molecule has 0 bridgehead atoms. The van der Waals surface area contributed by atoms with Gasteiger partial charge in [0, 0.05) is 18.3 Å². The summed E-state index contributed by atoms with van der Waals surface area (Å²) in [4.78, 5) is 4.31. The fraction of sp³-hybridized carbons (Fsp3) is 0.312. The second kappa shape index (κ2) is 7.13. The SMILES string of the molecule is CC(N[C@H](C)c1ccccn1)c1ccc(OC(F)F)cc1. The standard InChI is InChI=1S/C16H18F2N2O/c1-11(20-12(2)15-5-3-4-10-19-15)13-6-8-14(9-7-13)21-16(17)18/h3-12,16,20H,1-2H3/t11?,12-/m1/s1. The summed E-state index contributed by atoms with van der Waals surface area (Å²) < 4.78 is 28.5. The molecule has 1 unspecified atom stereocenters. The van der Waals surface area contributed by atoms with Gasteiger partial charge in [-0.3, -0.25) is 4.98 Å². The second-order valence-corrected chi connectivity index (χ2v) is 4.81. The summed E-state index contributed by atoms with van der Waals surface area (Å²) in [6.07, 6.45) is 1.76. The van der Waals surface area contributed by atoms with Crippen molar-refractivity contribution < 1.29 is 13.5 Å². The first kappa shape index (κ1) is 15.4. The van der Waals surface area contributed by atoms with E-state index in [4.69, 9.17) is 0 Å². The van der Waals surface area contributed by atoms with Crippen molar-refractivity contribution in [3.05, 3.63) is 59.9 Å². The van der Waals surface area contributed by atoms with Gasteiger partial charge in [0.2, 0.25) is 0 Å². The van der Waals surface area contributed by atoms with Crippen LogP contribution in [-0.4, -0.2) is 11.6 Å². The van der Waals surface area contributed by atoms with Crippen LogP contribution in [0.2, 0.25) is 0 Å². The molecule has 2 atom stereocenters. The summed E-state index contributed by atoms with van der Waals surface area (Å²) in [5.41, 5.74) is 1.96. The van der Waals surface area contributed by atoms with E-state index >= 15 is 0 Å². The zero-order valence-electron chi connectivity index (χ0n) is 12.0. The monoisotopic (exact) mass is 292 g/mol. The quantitative estimate of drug-likeness (QED) is 0.870. The third-order valence-corrected chi connectivity index (χ3v) is 3.24. The predicted octanol–water partition coefficient (Wildman–Crippen LogP) is 4.09. The van der Waals surface area contributed by atoms with Crippen molar-refractivity contribution in [1.29, 1.82) is 0 Å². The van der Waals surface area contributed by atoms with Crippen LogP contribution in [-0.2, 0) is 0 Å². The van der Waals surface area contributed by atoms with Gasteiger partial charge in [0.05, 0.1) is 5.69 Å². The number of aromatic nitrogens is 1. The summed E-state index contributed by atoms with van der Waals surface area (Å²) in [7, 11) is 0. The van der Waals surface area contributed by atoms with E-state index in [2.05, 4.69) is 15.0 Å². The first-order valence-electron chi connectivity index (χ1n) is 6.78. The van der Waals surface area contributed by atoms with E-state index in [1.807, 2.05) is 32.0 Å². The number of pyridine rings is 1. The molecule has 2 rings (SSSR count). The molecule has 0 radical (unpaired) electrons. The number of hydrogen-bond acceptors (Lipinski definition) is 3. The van der Waals surface area contributed by atoms with Crippen molar-refractivity contribution in [3.8, 4) is 5.75 Å². The molecule has 0 aliphatic rings. The lowest BCUT2D eigenvalue weighted by atomic mass is 10.1. The van der Waals surface area contributed by atoms with Crippen LogP contribution in [0.15, 0.2) is 48.7 Å². The highest BCUT2D eigenvalue weighted by atomic mass is 19.3. The number of nitrogens with zero attached hydrogens (tertiary/aromatic N) is 1. The molecular formula is C16H18F2N2O. The molecule has 0 saturated heterocycles. The molecule has 0 spiro atoms. The number of halogens is 2. The highest BCUT2D eigenvalue weighted by molar-refractivity contribution is 5.29. The topological polar surface area (TPSA) is 34.2 Å². The maximum Gasteiger partial charge on any atom is 0.387 e. The minimum absolute atomic E-state index is 0.0719. The summed E-state index contributed by atoms with van der Waals surface area (Å²) in [5.74, 6) is 0.165. The highest BCUT2D eigenvalue weighted by Gasteiger charge is 2.12. The van der Waals surface area contributed by atoms with Crippen LogP contribution in [0.4, 0.5) is 8.78 Å².